The molecule has 2 saturated heterocycles. The summed E-state index contributed by atoms with van der Waals surface area (Å²) in [6.45, 7) is 21.4. The van der Waals surface area contributed by atoms with Crippen molar-refractivity contribution >= 4 is 16.9 Å². The maximum Gasteiger partial charge on any atom is 0.412 e. The first-order valence-corrected chi connectivity index (χ1v) is 20.1. The third-order valence-corrected chi connectivity index (χ3v) is 10.5. The second-order valence-corrected chi connectivity index (χ2v) is 21.0. The summed E-state index contributed by atoms with van der Waals surface area (Å²) in [5, 5.41) is 0. The van der Waals surface area contributed by atoms with Gasteiger partial charge in [-0.2, -0.15) is 0 Å². The smallest absolute Gasteiger partial charge is 0.381 e. The highest BCUT2D eigenvalue weighted by Crippen LogP contribution is 2.40. The second kappa shape index (κ2) is 13.5. The summed E-state index contributed by atoms with van der Waals surface area (Å²) in [7, 11) is -1.45. The Kier molecular flexibility index (Phi) is 12.0. The van der Waals surface area contributed by atoms with E-state index in [1.165, 1.54) is 18.5 Å². The molecule has 33 heavy (non-hydrogen) atoms. The Morgan fingerprint density at radius 1 is 0.727 bits per heavy atom. The fraction of sp³-hybridized carbons (Fsp3) is 1.00. The molecule has 2 aliphatic rings. The molecule has 2 aliphatic heterocycles. The number of unbranched alkanes of at least 4 members (excludes halogenated alkanes) is 1. The summed E-state index contributed by atoms with van der Waals surface area (Å²) >= 11 is 0. The monoisotopic (exact) mass is 504 g/mol. The standard InChI is InChI=1S/C25H52O6Si2/c1-8-23(17-26-13-10-11-15-32(3)4)19-28-25(29-20-23)30-21-24(9-2,22-31-25)18-27-14-12-16-33(5,6)7/h32H,8-22H2,1-7H3. The minimum absolute atomic E-state index is 0.135. The number of ether oxygens (including phenoxy) is 6. The number of hydrogen-bond acceptors (Lipinski definition) is 6. The van der Waals surface area contributed by atoms with Crippen LogP contribution in [0.2, 0.25) is 44.8 Å². The molecule has 196 valence electrons. The highest BCUT2D eigenvalue weighted by molar-refractivity contribution is 6.76. The first kappa shape index (κ1) is 29.4. The van der Waals surface area contributed by atoms with Gasteiger partial charge in [0.15, 0.2) is 0 Å². The molecule has 6 nitrogen and oxygen atoms in total. The highest BCUT2D eigenvalue weighted by Gasteiger charge is 2.52. The SMILES string of the molecule is CCC1(COCCCC[SiH](C)C)COC2(OC1)OCC(CC)(COCCC[Si](C)(C)C)CO2. The van der Waals surface area contributed by atoms with E-state index in [-0.39, 0.29) is 10.8 Å². The van der Waals surface area contributed by atoms with Crippen LogP contribution in [0.15, 0.2) is 0 Å². The van der Waals surface area contributed by atoms with Crippen molar-refractivity contribution in [2.24, 2.45) is 10.8 Å². The average Bonchev–Trinajstić information content (AvgIpc) is 2.78. The van der Waals surface area contributed by atoms with Crippen LogP contribution in [0, 0.1) is 10.8 Å². The molecule has 1 spiro atoms. The van der Waals surface area contributed by atoms with Crippen molar-refractivity contribution in [3.63, 3.8) is 0 Å². The van der Waals surface area contributed by atoms with Crippen LogP contribution in [0.3, 0.4) is 0 Å². The third kappa shape index (κ3) is 9.99. The van der Waals surface area contributed by atoms with Crippen LogP contribution in [-0.4, -0.2) is 75.9 Å². The molecule has 0 aromatic rings. The van der Waals surface area contributed by atoms with E-state index in [1.54, 1.807) is 0 Å². The Morgan fingerprint density at radius 3 is 1.58 bits per heavy atom. The molecular weight excluding hydrogens is 452 g/mol. The van der Waals surface area contributed by atoms with E-state index in [1.807, 2.05) is 0 Å². The van der Waals surface area contributed by atoms with E-state index >= 15 is 0 Å². The van der Waals surface area contributed by atoms with Crippen LogP contribution in [0.4, 0.5) is 0 Å². The Labute approximate surface area is 206 Å². The van der Waals surface area contributed by atoms with Gasteiger partial charge in [0.05, 0.1) is 39.6 Å². The summed E-state index contributed by atoms with van der Waals surface area (Å²) in [4.78, 5) is 0. The van der Waals surface area contributed by atoms with Crippen LogP contribution in [0.25, 0.3) is 0 Å². The van der Waals surface area contributed by atoms with Gasteiger partial charge in [0.1, 0.15) is 0 Å². The lowest BCUT2D eigenvalue weighted by molar-refractivity contribution is -0.549. The number of rotatable bonds is 15. The third-order valence-electron chi connectivity index (χ3n) is 7.07. The zero-order valence-corrected chi connectivity index (χ0v) is 24.8. The molecule has 0 amide bonds. The predicted octanol–water partition coefficient (Wildman–Crippen LogP) is 5.51. The lowest BCUT2D eigenvalue weighted by Gasteiger charge is -2.49. The molecule has 0 atom stereocenters. The molecule has 0 N–H and O–H groups in total. The maximum atomic E-state index is 6.07. The first-order valence-electron chi connectivity index (χ1n) is 13.3. The van der Waals surface area contributed by atoms with Gasteiger partial charge in [0.25, 0.3) is 0 Å². The maximum absolute atomic E-state index is 6.07. The predicted molar refractivity (Wildman–Crippen MR) is 139 cm³/mol. The summed E-state index contributed by atoms with van der Waals surface area (Å²) in [5.74, 6) is 0. The normalized spacial score (nSPS) is 30.9. The van der Waals surface area contributed by atoms with Gasteiger partial charge in [-0.15, -0.1) is 0 Å². The van der Waals surface area contributed by atoms with Crippen molar-refractivity contribution in [1.82, 2.24) is 0 Å². The van der Waals surface area contributed by atoms with Gasteiger partial charge in [0, 0.05) is 40.9 Å². The zero-order valence-electron chi connectivity index (χ0n) is 22.6. The van der Waals surface area contributed by atoms with Crippen molar-refractivity contribution < 1.29 is 28.4 Å². The summed E-state index contributed by atoms with van der Waals surface area (Å²) in [5.41, 5.74) is -0.276. The van der Waals surface area contributed by atoms with Gasteiger partial charge in [-0.05, 0) is 25.7 Å². The average molecular weight is 505 g/mol. The van der Waals surface area contributed by atoms with E-state index in [0.717, 1.165) is 38.9 Å². The van der Waals surface area contributed by atoms with E-state index in [9.17, 15) is 0 Å². The summed E-state index contributed by atoms with van der Waals surface area (Å²) in [6, 6.07) is 2.70. The van der Waals surface area contributed by atoms with E-state index < -0.39 is 23.0 Å². The lowest BCUT2D eigenvalue weighted by atomic mass is 9.86. The molecule has 8 heteroatoms. The molecule has 0 saturated carbocycles. The van der Waals surface area contributed by atoms with Gasteiger partial charge < -0.3 is 28.4 Å². The topological polar surface area (TPSA) is 55.4 Å². The first-order chi connectivity index (χ1) is 15.6. The van der Waals surface area contributed by atoms with Gasteiger partial charge in [-0.25, -0.2) is 0 Å². The number of hydrogen-bond donors (Lipinski definition) is 0. The Hall–Kier alpha value is 0.194. The molecular formula is C25H52O6Si2. The van der Waals surface area contributed by atoms with Gasteiger partial charge >= 0.3 is 6.16 Å². The Balaban J connectivity index is 1.72. The van der Waals surface area contributed by atoms with Crippen molar-refractivity contribution in [1.29, 1.82) is 0 Å². The van der Waals surface area contributed by atoms with E-state index in [4.69, 9.17) is 28.4 Å². The van der Waals surface area contributed by atoms with Crippen molar-refractivity contribution in [3.8, 4) is 0 Å². The van der Waals surface area contributed by atoms with Gasteiger partial charge in [-0.1, -0.05) is 65.1 Å². The minimum Gasteiger partial charge on any atom is -0.381 e. The molecule has 0 unspecified atom stereocenters. The Bertz CT molecular complexity index is 534. The quantitative estimate of drug-likeness (QED) is 0.216. The second-order valence-electron chi connectivity index (χ2n) is 12.0. The zero-order chi connectivity index (χ0) is 24.4. The summed E-state index contributed by atoms with van der Waals surface area (Å²) < 4.78 is 36.3. The molecule has 0 bridgehead atoms. The van der Waals surface area contributed by atoms with Crippen molar-refractivity contribution in [3.05, 3.63) is 0 Å². The van der Waals surface area contributed by atoms with Crippen LogP contribution >= 0.6 is 0 Å². The summed E-state index contributed by atoms with van der Waals surface area (Å²) in [6.07, 6.45) is 4.06. The fourth-order valence-corrected chi connectivity index (χ4v) is 6.43. The molecule has 2 fully saturated rings. The molecule has 0 aliphatic carbocycles. The van der Waals surface area contributed by atoms with Crippen LogP contribution in [0.5, 0.6) is 0 Å². The lowest BCUT2D eigenvalue weighted by Crippen LogP contribution is -2.59. The largest absolute Gasteiger partial charge is 0.412 e. The van der Waals surface area contributed by atoms with Gasteiger partial charge in [0.2, 0.25) is 0 Å². The Morgan fingerprint density at radius 2 is 1.18 bits per heavy atom. The van der Waals surface area contributed by atoms with Crippen LogP contribution in [0.1, 0.15) is 46.0 Å². The van der Waals surface area contributed by atoms with Crippen molar-refractivity contribution in [2.45, 2.75) is 96.9 Å². The molecule has 0 aromatic heterocycles. The van der Waals surface area contributed by atoms with E-state index in [2.05, 4.69) is 46.6 Å². The molecule has 2 heterocycles. The van der Waals surface area contributed by atoms with Crippen molar-refractivity contribution in [2.75, 3.05) is 52.9 Å². The molecule has 2 rings (SSSR count). The van der Waals surface area contributed by atoms with E-state index in [0.29, 0.717) is 39.6 Å². The minimum atomic E-state index is -1.36. The highest BCUT2D eigenvalue weighted by atomic mass is 28.3. The van der Waals surface area contributed by atoms with Crippen LogP contribution in [-0.2, 0) is 28.4 Å². The van der Waals surface area contributed by atoms with Crippen LogP contribution < -0.4 is 0 Å². The fourth-order valence-electron chi connectivity index (χ4n) is 4.12. The molecule has 0 radical (unpaired) electrons. The van der Waals surface area contributed by atoms with Gasteiger partial charge in [-0.3, -0.25) is 0 Å². The molecule has 0 aromatic carbocycles.